The normalized spacial score (nSPS) is 19.7. The maximum absolute atomic E-state index is 14.1. The number of benzene rings is 2. The minimum absolute atomic E-state index is 0.119. The summed E-state index contributed by atoms with van der Waals surface area (Å²) in [5.41, 5.74) is 0.130. The third-order valence-electron chi connectivity index (χ3n) is 5.17. The zero-order chi connectivity index (χ0) is 20.0. The summed E-state index contributed by atoms with van der Waals surface area (Å²) in [4.78, 5) is 14.4. The smallest absolute Gasteiger partial charge is 0.256 e. The first-order chi connectivity index (χ1) is 13.5. The van der Waals surface area contributed by atoms with Gasteiger partial charge in [-0.1, -0.05) is 30.3 Å². The molecule has 2 N–H and O–H groups in total. The number of aliphatic hydroxyl groups is 1. The van der Waals surface area contributed by atoms with Crippen molar-refractivity contribution in [1.82, 2.24) is 10.2 Å². The van der Waals surface area contributed by atoms with Crippen LogP contribution in [0.4, 0.5) is 4.39 Å². The number of hydrogen-bond acceptors (Lipinski definition) is 4. The van der Waals surface area contributed by atoms with Crippen molar-refractivity contribution in [2.75, 3.05) is 26.7 Å². The van der Waals surface area contributed by atoms with E-state index in [-0.39, 0.29) is 24.8 Å². The van der Waals surface area contributed by atoms with Crippen molar-refractivity contribution >= 4 is 5.91 Å². The number of methoxy groups -OCH3 is 1. The number of rotatable bonds is 8. The Bertz CT molecular complexity index is 800. The summed E-state index contributed by atoms with van der Waals surface area (Å²) in [7, 11) is 1.52. The number of carbonyl (C=O) groups excluding carboxylic acids is 1. The van der Waals surface area contributed by atoms with E-state index in [1.807, 2.05) is 30.3 Å². The van der Waals surface area contributed by atoms with Crippen molar-refractivity contribution in [1.29, 1.82) is 0 Å². The molecule has 0 unspecified atom stereocenters. The van der Waals surface area contributed by atoms with E-state index in [1.165, 1.54) is 23.6 Å². The standard InChI is InChI=1S/C22H27FN2O3/c1-28-19-8-9-20(23)18(14-19)15-25-13-5-11-22(27,21(25)26)16-24-12-10-17-6-3-2-4-7-17/h2-4,6-9,14,24,27H,5,10-13,15-16H2,1H3/t22-/m1/s1. The van der Waals surface area contributed by atoms with Gasteiger partial charge in [0, 0.05) is 25.2 Å². The first kappa shape index (κ1) is 20.3. The SMILES string of the molecule is COc1ccc(F)c(CN2CCC[C@@](O)(CNCCc3ccccc3)C2=O)c1. The first-order valence-corrected chi connectivity index (χ1v) is 9.61. The first-order valence-electron chi connectivity index (χ1n) is 9.61. The van der Waals surface area contributed by atoms with Crippen LogP contribution in [-0.4, -0.2) is 48.3 Å². The summed E-state index contributed by atoms with van der Waals surface area (Å²) >= 11 is 0. The van der Waals surface area contributed by atoms with E-state index >= 15 is 0 Å². The van der Waals surface area contributed by atoms with Gasteiger partial charge in [0.05, 0.1) is 7.11 Å². The fraction of sp³-hybridized carbons (Fsp3) is 0.409. The van der Waals surface area contributed by atoms with E-state index in [1.54, 1.807) is 12.1 Å². The number of ether oxygens (including phenoxy) is 1. The van der Waals surface area contributed by atoms with Gasteiger partial charge in [-0.2, -0.15) is 0 Å². The number of piperidine rings is 1. The van der Waals surface area contributed by atoms with Gasteiger partial charge in [-0.3, -0.25) is 4.79 Å². The number of carbonyl (C=O) groups is 1. The Morgan fingerprint density at radius 2 is 2.04 bits per heavy atom. The number of halogens is 1. The third kappa shape index (κ3) is 4.88. The van der Waals surface area contributed by atoms with Gasteiger partial charge in [-0.25, -0.2) is 4.39 Å². The Morgan fingerprint density at radius 1 is 1.25 bits per heavy atom. The highest BCUT2D eigenvalue weighted by atomic mass is 19.1. The van der Waals surface area contributed by atoms with Crippen molar-refractivity contribution in [2.24, 2.45) is 0 Å². The summed E-state index contributed by atoms with van der Waals surface area (Å²) in [5.74, 6) is -0.199. The minimum atomic E-state index is -1.45. The van der Waals surface area contributed by atoms with Crippen LogP contribution < -0.4 is 10.1 Å². The van der Waals surface area contributed by atoms with Crippen LogP contribution in [-0.2, 0) is 17.8 Å². The van der Waals surface area contributed by atoms with E-state index in [2.05, 4.69) is 5.32 Å². The zero-order valence-corrected chi connectivity index (χ0v) is 16.2. The van der Waals surface area contributed by atoms with E-state index in [4.69, 9.17) is 4.74 Å². The third-order valence-corrected chi connectivity index (χ3v) is 5.17. The second-order valence-corrected chi connectivity index (χ2v) is 7.23. The summed E-state index contributed by atoms with van der Waals surface area (Å²) in [5, 5.41) is 14.1. The molecule has 28 heavy (non-hydrogen) atoms. The van der Waals surface area contributed by atoms with Gasteiger partial charge in [0.25, 0.3) is 5.91 Å². The highest BCUT2D eigenvalue weighted by Crippen LogP contribution is 2.25. The molecule has 6 heteroatoms. The van der Waals surface area contributed by atoms with Crippen molar-refractivity contribution in [3.63, 3.8) is 0 Å². The molecule has 1 aliphatic heterocycles. The van der Waals surface area contributed by atoms with Gasteiger partial charge in [-0.15, -0.1) is 0 Å². The molecule has 0 bridgehead atoms. The van der Waals surface area contributed by atoms with Gasteiger partial charge >= 0.3 is 0 Å². The van der Waals surface area contributed by atoms with Crippen molar-refractivity contribution in [3.8, 4) is 5.75 Å². The highest BCUT2D eigenvalue weighted by Gasteiger charge is 2.41. The molecule has 2 aromatic carbocycles. The van der Waals surface area contributed by atoms with Crippen LogP contribution in [0.5, 0.6) is 5.75 Å². The van der Waals surface area contributed by atoms with Crippen molar-refractivity contribution in [2.45, 2.75) is 31.4 Å². The fourth-order valence-corrected chi connectivity index (χ4v) is 3.56. The number of hydrogen-bond donors (Lipinski definition) is 2. The molecule has 0 aromatic heterocycles. The molecule has 1 amide bonds. The minimum Gasteiger partial charge on any atom is -0.497 e. The Kier molecular flexibility index (Phi) is 6.65. The van der Waals surface area contributed by atoms with Gasteiger partial charge in [0.1, 0.15) is 11.6 Å². The lowest BCUT2D eigenvalue weighted by molar-refractivity contribution is -0.157. The van der Waals surface area contributed by atoms with Crippen LogP contribution in [0.3, 0.4) is 0 Å². The summed E-state index contributed by atoms with van der Waals surface area (Å²) in [6, 6.07) is 14.5. The maximum atomic E-state index is 14.1. The number of likely N-dealkylation sites (tertiary alicyclic amines) is 1. The molecule has 0 spiro atoms. The second kappa shape index (κ2) is 9.17. The molecule has 1 atom stereocenters. The fourth-order valence-electron chi connectivity index (χ4n) is 3.56. The molecule has 150 valence electrons. The lowest BCUT2D eigenvalue weighted by Crippen LogP contribution is -2.57. The molecule has 0 aliphatic carbocycles. The molecule has 3 rings (SSSR count). The molecular formula is C22H27FN2O3. The van der Waals surface area contributed by atoms with Gasteiger partial charge in [0.15, 0.2) is 5.60 Å². The van der Waals surface area contributed by atoms with E-state index in [0.717, 1.165) is 6.42 Å². The molecule has 1 fully saturated rings. The van der Waals surface area contributed by atoms with Gasteiger partial charge in [0.2, 0.25) is 0 Å². The summed E-state index contributed by atoms with van der Waals surface area (Å²) in [6.07, 6.45) is 1.90. The van der Waals surface area contributed by atoms with E-state index < -0.39 is 5.60 Å². The number of nitrogens with one attached hydrogen (secondary N) is 1. The summed E-state index contributed by atoms with van der Waals surface area (Å²) < 4.78 is 19.3. The van der Waals surface area contributed by atoms with Crippen molar-refractivity contribution < 1.29 is 19.0 Å². The topological polar surface area (TPSA) is 61.8 Å². The van der Waals surface area contributed by atoms with E-state index in [9.17, 15) is 14.3 Å². The molecular weight excluding hydrogens is 359 g/mol. The molecule has 5 nitrogen and oxygen atoms in total. The predicted molar refractivity (Wildman–Crippen MR) is 106 cm³/mol. The van der Waals surface area contributed by atoms with Crippen LogP contribution in [0.25, 0.3) is 0 Å². The quantitative estimate of drug-likeness (QED) is 0.685. The van der Waals surface area contributed by atoms with Gasteiger partial charge < -0.3 is 20.1 Å². The van der Waals surface area contributed by atoms with Crippen LogP contribution in [0, 0.1) is 5.82 Å². The van der Waals surface area contributed by atoms with Crippen LogP contribution in [0.2, 0.25) is 0 Å². The molecule has 0 saturated carbocycles. The Balaban J connectivity index is 1.58. The van der Waals surface area contributed by atoms with Crippen molar-refractivity contribution in [3.05, 3.63) is 65.5 Å². The average Bonchev–Trinajstić information content (AvgIpc) is 2.71. The lowest BCUT2D eigenvalue weighted by Gasteiger charge is -2.38. The monoisotopic (exact) mass is 386 g/mol. The summed E-state index contributed by atoms with van der Waals surface area (Å²) in [6.45, 7) is 1.48. The van der Waals surface area contributed by atoms with Crippen LogP contribution in [0.1, 0.15) is 24.0 Å². The van der Waals surface area contributed by atoms with Crippen LogP contribution >= 0.6 is 0 Å². The largest absolute Gasteiger partial charge is 0.497 e. The van der Waals surface area contributed by atoms with Crippen LogP contribution in [0.15, 0.2) is 48.5 Å². The number of amides is 1. The highest BCUT2D eigenvalue weighted by molar-refractivity contribution is 5.86. The lowest BCUT2D eigenvalue weighted by atomic mass is 9.91. The Morgan fingerprint density at radius 3 is 2.79 bits per heavy atom. The molecule has 2 aromatic rings. The Hall–Kier alpha value is -2.44. The predicted octanol–water partition coefficient (Wildman–Crippen LogP) is 2.52. The Labute approximate surface area is 165 Å². The number of nitrogens with zero attached hydrogens (tertiary/aromatic N) is 1. The molecule has 1 saturated heterocycles. The molecule has 1 heterocycles. The molecule has 0 radical (unpaired) electrons. The molecule has 1 aliphatic rings. The second-order valence-electron chi connectivity index (χ2n) is 7.23. The van der Waals surface area contributed by atoms with E-state index in [0.29, 0.717) is 37.2 Å². The average molecular weight is 386 g/mol. The maximum Gasteiger partial charge on any atom is 0.256 e. The zero-order valence-electron chi connectivity index (χ0n) is 16.2. The van der Waals surface area contributed by atoms with Gasteiger partial charge in [-0.05, 0) is 49.6 Å².